The molecule has 0 saturated carbocycles. The third kappa shape index (κ3) is 1.69. The highest BCUT2D eigenvalue weighted by Gasteiger charge is 2.33. The van der Waals surface area contributed by atoms with Gasteiger partial charge in [0.25, 0.3) is 0 Å². The van der Waals surface area contributed by atoms with E-state index in [2.05, 4.69) is 28.3 Å². The van der Waals surface area contributed by atoms with Gasteiger partial charge in [0.2, 0.25) is 5.11 Å². The van der Waals surface area contributed by atoms with E-state index in [1.807, 2.05) is 0 Å². The van der Waals surface area contributed by atoms with Crippen molar-refractivity contribution in [3.8, 4) is 0 Å². The summed E-state index contributed by atoms with van der Waals surface area (Å²) in [5.41, 5.74) is 2.80. The van der Waals surface area contributed by atoms with Crippen molar-refractivity contribution in [3.63, 3.8) is 0 Å². The van der Waals surface area contributed by atoms with Crippen LogP contribution in [-0.4, -0.2) is 23.1 Å². The van der Waals surface area contributed by atoms with Crippen LogP contribution in [0.1, 0.15) is 12.8 Å². The summed E-state index contributed by atoms with van der Waals surface area (Å²) < 4.78 is 0. The molecule has 4 N–H and O–H groups in total. The fraction of sp³-hybridized carbons (Fsp3) is 0.667. The molecule has 2 rings (SSSR count). The molecule has 1 aliphatic carbocycles. The van der Waals surface area contributed by atoms with Gasteiger partial charge in [-0.2, -0.15) is 0 Å². The number of fused-ring (bicyclic) bond motifs is 1. The largest absolute Gasteiger partial charge is 0.345 e. The lowest BCUT2D eigenvalue weighted by Gasteiger charge is -2.17. The summed E-state index contributed by atoms with van der Waals surface area (Å²) in [6, 6.07) is 0. The molecule has 0 amide bonds. The van der Waals surface area contributed by atoms with E-state index >= 15 is 0 Å². The minimum Gasteiger partial charge on any atom is -0.345 e. The molecule has 2 atom stereocenters. The average Bonchev–Trinajstić information content (AvgIpc) is 2.59. The second-order valence-electron chi connectivity index (χ2n) is 3.85. The van der Waals surface area contributed by atoms with E-state index in [0.717, 1.165) is 30.0 Å². The van der Waals surface area contributed by atoms with E-state index in [-0.39, 0.29) is 0 Å². The predicted octanol–water partition coefficient (Wildman–Crippen LogP) is -0.0842. The number of quaternary nitrogens is 1. The van der Waals surface area contributed by atoms with Crippen LogP contribution in [0.2, 0.25) is 0 Å². The van der Waals surface area contributed by atoms with E-state index in [4.69, 9.17) is 12.2 Å². The van der Waals surface area contributed by atoms with Gasteiger partial charge in [0.1, 0.15) is 0 Å². The van der Waals surface area contributed by atoms with Gasteiger partial charge in [-0.25, -0.2) is 5.43 Å². The third-order valence-corrected chi connectivity index (χ3v) is 3.46. The van der Waals surface area contributed by atoms with Crippen LogP contribution in [0, 0.1) is 11.8 Å². The highest BCUT2D eigenvalue weighted by molar-refractivity contribution is 7.80. The summed E-state index contributed by atoms with van der Waals surface area (Å²) >= 11 is 5.17. The zero-order chi connectivity index (χ0) is 9.26. The summed E-state index contributed by atoms with van der Waals surface area (Å²) in [5, 5.41) is 0.800. The van der Waals surface area contributed by atoms with Crippen molar-refractivity contribution >= 4 is 17.3 Å². The van der Waals surface area contributed by atoms with Crippen molar-refractivity contribution in [3.05, 3.63) is 12.2 Å². The Balaban J connectivity index is 1.98. The second kappa shape index (κ2) is 3.64. The van der Waals surface area contributed by atoms with Gasteiger partial charge in [-0.3, -0.25) is 5.84 Å². The molecule has 1 heterocycles. The lowest BCUT2D eigenvalue weighted by atomic mass is 9.86. The van der Waals surface area contributed by atoms with Gasteiger partial charge in [-0.15, -0.1) is 0 Å². The molecule has 13 heavy (non-hydrogen) atoms. The maximum Gasteiger partial charge on any atom is 0.215 e. The van der Waals surface area contributed by atoms with Crippen LogP contribution >= 0.6 is 12.2 Å². The van der Waals surface area contributed by atoms with E-state index in [0.29, 0.717) is 0 Å². The van der Waals surface area contributed by atoms with Crippen LogP contribution < -0.4 is 11.3 Å². The van der Waals surface area contributed by atoms with Crippen molar-refractivity contribution in [2.45, 2.75) is 12.8 Å². The number of likely N-dealkylation sites (tertiary alicyclic amines) is 1. The predicted molar refractivity (Wildman–Crippen MR) is 55.5 cm³/mol. The third-order valence-electron chi connectivity index (χ3n) is 3.06. The van der Waals surface area contributed by atoms with Gasteiger partial charge in [0.15, 0.2) is 0 Å². The molecule has 1 saturated heterocycles. The number of hydrogen-bond donors (Lipinski definition) is 2. The number of allylic oxidation sites excluding steroid dienone is 2. The Morgan fingerprint density at radius 1 is 1.31 bits per heavy atom. The van der Waals surface area contributed by atoms with Crippen LogP contribution in [0.3, 0.4) is 0 Å². The Morgan fingerprint density at radius 2 is 1.85 bits per heavy atom. The first-order valence-corrected chi connectivity index (χ1v) is 5.19. The van der Waals surface area contributed by atoms with Crippen molar-refractivity contribution in [2.24, 2.45) is 11.8 Å². The first kappa shape index (κ1) is 8.97. The first-order chi connectivity index (χ1) is 6.31. The summed E-state index contributed by atoms with van der Waals surface area (Å²) in [6.07, 6.45) is 7.04. The summed E-state index contributed by atoms with van der Waals surface area (Å²) in [6.45, 7) is 2.22. The summed E-state index contributed by atoms with van der Waals surface area (Å²) in [4.78, 5) is 2.24. The molecule has 1 aliphatic heterocycles. The highest BCUT2D eigenvalue weighted by atomic mass is 32.1. The van der Waals surface area contributed by atoms with Crippen molar-refractivity contribution in [1.82, 2.24) is 10.3 Å². The lowest BCUT2D eigenvalue weighted by Crippen LogP contribution is -2.69. The normalized spacial score (nSPS) is 31.6. The first-order valence-electron chi connectivity index (χ1n) is 4.78. The van der Waals surface area contributed by atoms with Crippen molar-refractivity contribution in [1.29, 1.82) is 0 Å². The fourth-order valence-corrected chi connectivity index (χ4v) is 2.44. The molecule has 0 spiro atoms. The summed E-state index contributed by atoms with van der Waals surface area (Å²) in [5.74, 6) is 5.23. The molecule has 4 heteroatoms. The number of nitrogens with one attached hydrogen (secondary N) is 1. The van der Waals surface area contributed by atoms with E-state index in [1.165, 1.54) is 12.8 Å². The topological polar surface area (TPSA) is 42.9 Å². The SMILES string of the molecule is [NH3+]NC(=S)N1CC2CC=CCC2C1. The summed E-state index contributed by atoms with van der Waals surface area (Å²) in [7, 11) is 0. The van der Waals surface area contributed by atoms with Gasteiger partial charge in [-0.05, 0) is 36.9 Å². The molecule has 2 unspecified atom stereocenters. The molecule has 1 fully saturated rings. The molecular formula is C9H16N3S+. The Morgan fingerprint density at radius 3 is 2.31 bits per heavy atom. The minimum atomic E-state index is 0.800. The Bertz CT molecular complexity index is 223. The lowest BCUT2D eigenvalue weighted by molar-refractivity contribution is -0.420. The number of hydrogen-bond acceptors (Lipinski definition) is 1. The van der Waals surface area contributed by atoms with Gasteiger partial charge in [0, 0.05) is 13.1 Å². The molecule has 0 aromatic carbocycles. The molecule has 0 aromatic rings. The molecule has 0 aromatic heterocycles. The van der Waals surface area contributed by atoms with Gasteiger partial charge >= 0.3 is 0 Å². The van der Waals surface area contributed by atoms with E-state index in [9.17, 15) is 0 Å². The second-order valence-corrected chi connectivity index (χ2v) is 4.24. The fourth-order valence-electron chi connectivity index (χ4n) is 2.29. The van der Waals surface area contributed by atoms with Gasteiger partial charge in [-0.1, -0.05) is 12.2 Å². The number of thiocarbonyl (C=S) groups is 1. The molecule has 72 valence electrons. The van der Waals surface area contributed by atoms with Gasteiger partial charge in [0.05, 0.1) is 0 Å². The van der Waals surface area contributed by atoms with Gasteiger partial charge < -0.3 is 4.90 Å². The zero-order valence-corrected chi connectivity index (χ0v) is 8.52. The number of nitrogens with zero attached hydrogens (tertiary/aromatic N) is 1. The van der Waals surface area contributed by atoms with E-state index < -0.39 is 0 Å². The van der Waals surface area contributed by atoms with Crippen molar-refractivity contribution in [2.75, 3.05) is 13.1 Å². The molecule has 0 radical (unpaired) electrons. The van der Waals surface area contributed by atoms with Crippen LogP contribution in [0.5, 0.6) is 0 Å². The Labute approximate surface area is 83.9 Å². The standard InChI is InChI=1S/C9H15N3S/c10-11-9(13)12-5-7-3-1-2-4-8(7)6-12/h1-2,7-8H,3-6,10H2,(H,11,13)/p+1. The average molecular weight is 198 g/mol. The van der Waals surface area contributed by atoms with Crippen LogP contribution in [0.25, 0.3) is 0 Å². The molecular weight excluding hydrogens is 182 g/mol. The minimum absolute atomic E-state index is 0.800. The van der Waals surface area contributed by atoms with Crippen molar-refractivity contribution < 1.29 is 5.84 Å². The highest BCUT2D eigenvalue weighted by Crippen LogP contribution is 2.32. The maximum absolute atomic E-state index is 5.17. The number of rotatable bonds is 0. The molecule has 3 nitrogen and oxygen atoms in total. The van der Waals surface area contributed by atoms with Crippen LogP contribution in [0.4, 0.5) is 0 Å². The monoisotopic (exact) mass is 198 g/mol. The molecule has 2 aliphatic rings. The quantitative estimate of drug-likeness (QED) is 0.325. The Kier molecular flexibility index (Phi) is 2.51. The van der Waals surface area contributed by atoms with E-state index in [1.54, 1.807) is 0 Å². The Hall–Kier alpha value is -0.610. The van der Waals surface area contributed by atoms with Crippen LogP contribution in [0.15, 0.2) is 12.2 Å². The molecule has 0 bridgehead atoms. The zero-order valence-electron chi connectivity index (χ0n) is 7.70. The smallest absolute Gasteiger partial charge is 0.215 e. The van der Waals surface area contributed by atoms with Crippen LogP contribution in [-0.2, 0) is 0 Å². The maximum atomic E-state index is 5.17.